The van der Waals surface area contributed by atoms with E-state index >= 15 is 0 Å². The quantitative estimate of drug-likeness (QED) is 0.571. The van der Waals surface area contributed by atoms with Gasteiger partial charge in [-0.1, -0.05) is 18.2 Å². The molecule has 5 rings (SSSR count). The van der Waals surface area contributed by atoms with Crippen molar-refractivity contribution in [3.63, 3.8) is 0 Å². The van der Waals surface area contributed by atoms with Gasteiger partial charge >= 0.3 is 0 Å². The molecule has 2 aromatic heterocycles. The molecule has 1 saturated heterocycles. The number of hydrogen-bond acceptors (Lipinski definition) is 6. The Bertz CT molecular complexity index is 1390. The molecule has 7 nitrogen and oxygen atoms in total. The number of sulfone groups is 1. The first kappa shape index (κ1) is 21.3. The largest absolute Gasteiger partial charge is 0.334 e. The molecule has 1 aromatic carbocycles. The van der Waals surface area contributed by atoms with Gasteiger partial charge in [-0.15, -0.1) is 11.3 Å². The summed E-state index contributed by atoms with van der Waals surface area (Å²) in [6.07, 6.45) is 3.67. The van der Waals surface area contributed by atoms with Crippen molar-refractivity contribution in [3.8, 4) is 11.1 Å². The number of amides is 1. The zero-order chi connectivity index (χ0) is 22.6. The second kappa shape index (κ2) is 7.81. The van der Waals surface area contributed by atoms with Crippen LogP contribution in [0.1, 0.15) is 30.4 Å². The number of carbonyl (C=O) groups is 1. The fourth-order valence-electron chi connectivity index (χ4n) is 4.48. The predicted molar refractivity (Wildman–Crippen MR) is 126 cm³/mol. The Morgan fingerprint density at radius 1 is 1.19 bits per heavy atom. The second-order valence-corrected chi connectivity index (χ2v) is 12.0. The van der Waals surface area contributed by atoms with E-state index in [0.29, 0.717) is 16.6 Å². The molecule has 0 N–H and O–H groups in total. The van der Waals surface area contributed by atoms with Crippen LogP contribution < -0.4 is 5.56 Å². The number of thiophene rings is 1. The van der Waals surface area contributed by atoms with Crippen molar-refractivity contribution in [1.29, 1.82) is 0 Å². The van der Waals surface area contributed by atoms with Crippen molar-refractivity contribution >= 4 is 37.3 Å². The summed E-state index contributed by atoms with van der Waals surface area (Å²) in [4.78, 5) is 33.4. The van der Waals surface area contributed by atoms with Crippen LogP contribution in [0.15, 0.2) is 34.7 Å². The highest BCUT2D eigenvalue weighted by Gasteiger charge is 2.42. The maximum atomic E-state index is 13.4. The van der Waals surface area contributed by atoms with Crippen molar-refractivity contribution in [2.24, 2.45) is 0 Å². The van der Waals surface area contributed by atoms with Crippen LogP contribution in [-0.4, -0.2) is 52.4 Å². The first-order valence-corrected chi connectivity index (χ1v) is 13.5. The van der Waals surface area contributed by atoms with Crippen molar-refractivity contribution < 1.29 is 13.2 Å². The van der Waals surface area contributed by atoms with Gasteiger partial charge in [0.25, 0.3) is 5.56 Å². The van der Waals surface area contributed by atoms with Crippen LogP contribution in [0.3, 0.4) is 0 Å². The van der Waals surface area contributed by atoms with E-state index in [-0.39, 0.29) is 41.6 Å². The first-order valence-electron chi connectivity index (χ1n) is 10.8. The standard InChI is InChI=1S/C23H25N3O4S2/c1-14-3-4-16(9-15(14)2)19-11-31-22-21(19)23(28)25(13-24-22)10-20(27)26(17-5-6-17)18-7-8-32(29,30)12-18/h3-4,9,11,13,17-18H,5-8,10,12H2,1-2H3. The molecule has 0 spiro atoms. The van der Waals surface area contributed by atoms with Gasteiger partial charge in [-0.05, 0) is 49.8 Å². The average molecular weight is 472 g/mol. The fourth-order valence-corrected chi connectivity index (χ4v) is 7.10. The average Bonchev–Trinajstić information content (AvgIpc) is 3.36. The van der Waals surface area contributed by atoms with E-state index in [1.165, 1.54) is 27.8 Å². The molecule has 2 fully saturated rings. The molecule has 0 bridgehead atoms. The molecular formula is C23H25N3O4S2. The molecule has 1 saturated carbocycles. The van der Waals surface area contributed by atoms with Crippen LogP contribution in [0.2, 0.25) is 0 Å². The number of carbonyl (C=O) groups excluding carboxylic acids is 1. The molecule has 2 aliphatic rings. The molecule has 3 heterocycles. The zero-order valence-corrected chi connectivity index (χ0v) is 19.7. The molecule has 1 atom stereocenters. The van der Waals surface area contributed by atoms with Gasteiger partial charge in [0.05, 0.1) is 23.2 Å². The number of rotatable bonds is 5. The highest BCUT2D eigenvalue weighted by Crippen LogP contribution is 2.33. The minimum atomic E-state index is -3.10. The smallest absolute Gasteiger partial charge is 0.263 e. The number of benzene rings is 1. The van der Waals surface area contributed by atoms with E-state index in [2.05, 4.69) is 11.1 Å². The van der Waals surface area contributed by atoms with E-state index in [0.717, 1.165) is 29.5 Å². The highest BCUT2D eigenvalue weighted by molar-refractivity contribution is 7.91. The van der Waals surface area contributed by atoms with E-state index in [9.17, 15) is 18.0 Å². The van der Waals surface area contributed by atoms with E-state index in [1.54, 1.807) is 4.90 Å². The van der Waals surface area contributed by atoms with Crippen LogP contribution in [0.4, 0.5) is 0 Å². The molecule has 0 radical (unpaired) electrons. The van der Waals surface area contributed by atoms with Gasteiger partial charge in [-0.25, -0.2) is 13.4 Å². The van der Waals surface area contributed by atoms with Crippen LogP contribution in [-0.2, 0) is 21.2 Å². The second-order valence-electron chi connectivity index (χ2n) is 8.90. The molecular weight excluding hydrogens is 446 g/mol. The molecule has 1 aliphatic heterocycles. The predicted octanol–water partition coefficient (Wildman–Crippen LogP) is 2.92. The van der Waals surface area contributed by atoms with E-state index in [4.69, 9.17) is 0 Å². The summed E-state index contributed by atoms with van der Waals surface area (Å²) < 4.78 is 25.3. The van der Waals surface area contributed by atoms with Crippen LogP contribution in [0.25, 0.3) is 21.3 Å². The third-order valence-electron chi connectivity index (χ3n) is 6.51. The number of aryl methyl sites for hydroxylation is 2. The Balaban J connectivity index is 1.48. The number of nitrogens with zero attached hydrogens (tertiary/aromatic N) is 3. The van der Waals surface area contributed by atoms with E-state index in [1.807, 2.05) is 31.4 Å². The third kappa shape index (κ3) is 3.88. The fraction of sp³-hybridized carbons (Fsp3) is 0.435. The Hall–Kier alpha value is -2.52. The Morgan fingerprint density at radius 3 is 2.62 bits per heavy atom. The molecule has 9 heteroatoms. The van der Waals surface area contributed by atoms with Crippen molar-refractivity contribution in [3.05, 3.63) is 51.4 Å². The SMILES string of the molecule is Cc1ccc(-c2csc3ncn(CC(=O)N(C4CC4)C4CCS(=O)(=O)C4)c(=O)c23)cc1C. The lowest BCUT2D eigenvalue weighted by Crippen LogP contribution is -2.45. The highest BCUT2D eigenvalue weighted by atomic mass is 32.2. The zero-order valence-electron chi connectivity index (χ0n) is 18.1. The normalized spacial score (nSPS) is 20.0. The maximum absolute atomic E-state index is 13.4. The summed E-state index contributed by atoms with van der Waals surface area (Å²) in [7, 11) is -3.10. The Labute approximate surface area is 190 Å². The molecule has 168 valence electrons. The summed E-state index contributed by atoms with van der Waals surface area (Å²) in [5.41, 5.74) is 3.87. The summed E-state index contributed by atoms with van der Waals surface area (Å²) in [5, 5.41) is 2.46. The number of aromatic nitrogens is 2. The molecule has 3 aromatic rings. The summed E-state index contributed by atoms with van der Waals surface area (Å²) >= 11 is 1.42. The Morgan fingerprint density at radius 2 is 1.97 bits per heavy atom. The van der Waals surface area contributed by atoms with E-state index < -0.39 is 9.84 Å². The van der Waals surface area contributed by atoms with Crippen LogP contribution in [0.5, 0.6) is 0 Å². The minimum Gasteiger partial charge on any atom is -0.334 e. The summed E-state index contributed by atoms with van der Waals surface area (Å²) in [6.45, 7) is 3.96. The number of hydrogen-bond donors (Lipinski definition) is 0. The van der Waals surface area contributed by atoms with Crippen molar-refractivity contribution in [1.82, 2.24) is 14.5 Å². The third-order valence-corrected chi connectivity index (χ3v) is 9.15. The lowest BCUT2D eigenvalue weighted by Gasteiger charge is -2.28. The Kier molecular flexibility index (Phi) is 5.21. The molecule has 32 heavy (non-hydrogen) atoms. The van der Waals surface area contributed by atoms with Gasteiger partial charge in [0, 0.05) is 23.0 Å². The van der Waals surface area contributed by atoms with Crippen molar-refractivity contribution in [2.75, 3.05) is 11.5 Å². The molecule has 1 amide bonds. The molecule has 1 unspecified atom stereocenters. The minimum absolute atomic E-state index is 0.0167. The summed E-state index contributed by atoms with van der Waals surface area (Å²) in [5.74, 6) is -0.0699. The van der Waals surface area contributed by atoms with Gasteiger partial charge in [0.15, 0.2) is 9.84 Å². The lowest BCUT2D eigenvalue weighted by molar-refractivity contribution is -0.134. The van der Waals surface area contributed by atoms with Crippen LogP contribution in [0, 0.1) is 13.8 Å². The maximum Gasteiger partial charge on any atom is 0.263 e. The number of fused-ring (bicyclic) bond motifs is 1. The summed E-state index contributed by atoms with van der Waals surface area (Å²) in [6, 6.07) is 5.89. The van der Waals surface area contributed by atoms with Gasteiger partial charge in [-0.3, -0.25) is 14.2 Å². The van der Waals surface area contributed by atoms with Crippen LogP contribution >= 0.6 is 11.3 Å². The lowest BCUT2D eigenvalue weighted by atomic mass is 10.0. The molecule has 1 aliphatic carbocycles. The van der Waals surface area contributed by atoms with Gasteiger partial charge in [0.2, 0.25) is 5.91 Å². The first-order chi connectivity index (χ1) is 15.2. The van der Waals surface area contributed by atoms with Gasteiger partial charge in [0.1, 0.15) is 11.4 Å². The van der Waals surface area contributed by atoms with Crippen molar-refractivity contribution in [2.45, 2.75) is 51.7 Å². The topological polar surface area (TPSA) is 89.3 Å². The van der Waals surface area contributed by atoms with Gasteiger partial charge < -0.3 is 4.90 Å². The van der Waals surface area contributed by atoms with Gasteiger partial charge in [-0.2, -0.15) is 0 Å². The monoisotopic (exact) mass is 471 g/mol.